The van der Waals surface area contributed by atoms with Gasteiger partial charge in [-0.2, -0.15) is 0 Å². The maximum absolute atomic E-state index is 9.80. The molecule has 1 aromatic rings. The molecule has 1 saturated heterocycles. The van der Waals surface area contributed by atoms with E-state index in [4.69, 9.17) is 0 Å². The molecule has 2 rings (SSSR count). The van der Waals surface area contributed by atoms with Gasteiger partial charge in [-0.3, -0.25) is 0 Å². The molecule has 0 aliphatic carbocycles. The van der Waals surface area contributed by atoms with Crippen molar-refractivity contribution in [3.8, 4) is 0 Å². The number of aliphatic hydroxyl groups excluding tert-OH is 1. The van der Waals surface area contributed by atoms with Crippen LogP contribution in [-0.4, -0.2) is 36.9 Å². The highest BCUT2D eigenvalue weighted by Crippen LogP contribution is 2.19. The van der Waals surface area contributed by atoms with Gasteiger partial charge < -0.3 is 15.3 Å². The van der Waals surface area contributed by atoms with Crippen LogP contribution in [0, 0.1) is 5.92 Å². The molecule has 1 aromatic carbocycles. The third kappa shape index (κ3) is 4.50. The minimum atomic E-state index is -0.174. The number of nitrogens with one attached hydrogen (secondary N) is 1. The van der Waals surface area contributed by atoms with E-state index in [1.165, 1.54) is 18.5 Å². The summed E-state index contributed by atoms with van der Waals surface area (Å²) in [6, 6.07) is 11.3. The van der Waals surface area contributed by atoms with E-state index in [2.05, 4.69) is 54.4 Å². The number of nitrogens with zero attached hydrogens (tertiary/aromatic N) is 1. The molecule has 1 heterocycles. The normalized spacial score (nSPS) is 18.5. The van der Waals surface area contributed by atoms with Crippen LogP contribution in [0.5, 0.6) is 0 Å². The minimum absolute atomic E-state index is 0.174. The highest BCUT2D eigenvalue weighted by Gasteiger charge is 2.19. The Labute approximate surface area is 123 Å². The number of hydrogen-bond donors (Lipinski definition) is 2. The molecule has 1 fully saturated rings. The lowest BCUT2D eigenvalue weighted by Crippen LogP contribution is -2.43. The summed E-state index contributed by atoms with van der Waals surface area (Å²) in [5.41, 5.74) is 1.33. The molecule has 0 aromatic heterocycles. The summed E-state index contributed by atoms with van der Waals surface area (Å²) < 4.78 is 0. The van der Waals surface area contributed by atoms with Gasteiger partial charge in [0.1, 0.15) is 0 Å². The number of piperidine rings is 1. The highest BCUT2D eigenvalue weighted by molar-refractivity contribution is 5.46. The van der Waals surface area contributed by atoms with E-state index in [1.807, 2.05) is 0 Å². The Morgan fingerprint density at radius 2 is 1.85 bits per heavy atom. The van der Waals surface area contributed by atoms with Crippen LogP contribution in [0.2, 0.25) is 0 Å². The third-order valence-corrected chi connectivity index (χ3v) is 4.26. The lowest BCUT2D eigenvalue weighted by molar-refractivity contribution is 0.114. The van der Waals surface area contributed by atoms with Gasteiger partial charge in [0.05, 0.1) is 6.10 Å². The molecule has 0 bridgehead atoms. The molecular weight excluding hydrogens is 248 g/mol. The van der Waals surface area contributed by atoms with Crippen molar-refractivity contribution in [2.45, 2.75) is 45.3 Å². The van der Waals surface area contributed by atoms with Crippen molar-refractivity contribution in [1.82, 2.24) is 5.32 Å². The molecule has 2 N–H and O–H groups in total. The highest BCUT2D eigenvalue weighted by atomic mass is 16.3. The van der Waals surface area contributed by atoms with E-state index in [0.29, 0.717) is 12.0 Å². The van der Waals surface area contributed by atoms with E-state index in [0.717, 1.165) is 26.1 Å². The largest absolute Gasteiger partial charge is 0.393 e. The SMILES string of the molecule is CC(C)C(O)CCNC1CCN(c2ccccc2)CC1. The third-order valence-electron chi connectivity index (χ3n) is 4.26. The standard InChI is InChI=1S/C17H28N2O/c1-14(2)17(20)8-11-18-15-9-12-19(13-10-15)16-6-4-3-5-7-16/h3-7,14-15,17-18,20H,8-13H2,1-2H3. The Morgan fingerprint density at radius 1 is 1.20 bits per heavy atom. The predicted octanol–water partition coefficient (Wildman–Crippen LogP) is 2.65. The maximum Gasteiger partial charge on any atom is 0.0575 e. The van der Waals surface area contributed by atoms with Crippen LogP contribution < -0.4 is 10.2 Å². The Kier molecular flexibility index (Phi) is 5.86. The van der Waals surface area contributed by atoms with Crippen LogP contribution in [0.1, 0.15) is 33.1 Å². The molecule has 0 spiro atoms. The van der Waals surface area contributed by atoms with Crippen molar-refractivity contribution in [2.75, 3.05) is 24.5 Å². The van der Waals surface area contributed by atoms with Crippen molar-refractivity contribution >= 4 is 5.69 Å². The second kappa shape index (κ2) is 7.65. The molecule has 1 atom stereocenters. The Balaban J connectivity index is 1.67. The number of benzene rings is 1. The second-order valence-corrected chi connectivity index (χ2v) is 6.15. The summed E-state index contributed by atoms with van der Waals surface area (Å²) in [5, 5.41) is 13.4. The van der Waals surface area contributed by atoms with E-state index >= 15 is 0 Å². The molecule has 1 unspecified atom stereocenters. The summed E-state index contributed by atoms with van der Waals surface area (Å²) >= 11 is 0. The number of anilines is 1. The maximum atomic E-state index is 9.80. The average molecular weight is 276 g/mol. The minimum Gasteiger partial charge on any atom is -0.393 e. The van der Waals surface area contributed by atoms with Gasteiger partial charge in [0.15, 0.2) is 0 Å². The summed E-state index contributed by atoms with van der Waals surface area (Å²) in [6.45, 7) is 7.31. The lowest BCUT2D eigenvalue weighted by Gasteiger charge is -2.34. The van der Waals surface area contributed by atoms with Gasteiger partial charge >= 0.3 is 0 Å². The first-order valence-corrected chi connectivity index (χ1v) is 7.88. The fraction of sp³-hybridized carbons (Fsp3) is 0.647. The van der Waals surface area contributed by atoms with E-state index in [9.17, 15) is 5.11 Å². The average Bonchev–Trinajstić information content (AvgIpc) is 2.48. The summed E-state index contributed by atoms with van der Waals surface area (Å²) in [4.78, 5) is 2.46. The van der Waals surface area contributed by atoms with Gasteiger partial charge in [-0.1, -0.05) is 32.0 Å². The van der Waals surface area contributed by atoms with Crippen LogP contribution in [0.3, 0.4) is 0 Å². The van der Waals surface area contributed by atoms with Crippen LogP contribution >= 0.6 is 0 Å². The Morgan fingerprint density at radius 3 is 2.45 bits per heavy atom. The van der Waals surface area contributed by atoms with Gasteiger partial charge in [-0.05, 0) is 43.9 Å². The molecule has 112 valence electrons. The van der Waals surface area contributed by atoms with Crippen LogP contribution in [0.25, 0.3) is 0 Å². The predicted molar refractivity (Wildman–Crippen MR) is 85.1 cm³/mol. The molecule has 0 amide bonds. The number of aliphatic hydroxyl groups is 1. The molecule has 0 radical (unpaired) electrons. The van der Waals surface area contributed by atoms with Gasteiger partial charge in [-0.15, -0.1) is 0 Å². The molecule has 1 aliphatic rings. The first-order valence-electron chi connectivity index (χ1n) is 7.88. The Bertz CT molecular complexity index is 372. The van der Waals surface area contributed by atoms with Gasteiger partial charge in [0.25, 0.3) is 0 Å². The molecule has 20 heavy (non-hydrogen) atoms. The van der Waals surface area contributed by atoms with Crippen molar-refractivity contribution in [2.24, 2.45) is 5.92 Å². The zero-order chi connectivity index (χ0) is 14.4. The first kappa shape index (κ1) is 15.3. The summed E-state index contributed by atoms with van der Waals surface area (Å²) in [7, 11) is 0. The quantitative estimate of drug-likeness (QED) is 0.838. The van der Waals surface area contributed by atoms with Crippen LogP contribution in [0.15, 0.2) is 30.3 Å². The van der Waals surface area contributed by atoms with Crippen LogP contribution in [-0.2, 0) is 0 Å². The van der Waals surface area contributed by atoms with Crippen molar-refractivity contribution in [1.29, 1.82) is 0 Å². The fourth-order valence-electron chi connectivity index (χ4n) is 2.75. The second-order valence-electron chi connectivity index (χ2n) is 6.15. The molecule has 0 saturated carbocycles. The van der Waals surface area contributed by atoms with Gasteiger partial charge in [0, 0.05) is 24.8 Å². The van der Waals surface area contributed by atoms with Crippen LogP contribution in [0.4, 0.5) is 5.69 Å². The summed E-state index contributed by atoms with van der Waals surface area (Å²) in [6.07, 6.45) is 3.06. The van der Waals surface area contributed by atoms with E-state index in [1.54, 1.807) is 0 Å². The first-order chi connectivity index (χ1) is 9.66. The zero-order valence-electron chi connectivity index (χ0n) is 12.8. The number of rotatable bonds is 6. The van der Waals surface area contributed by atoms with E-state index < -0.39 is 0 Å². The zero-order valence-corrected chi connectivity index (χ0v) is 12.8. The molecule has 3 heteroatoms. The Hall–Kier alpha value is -1.06. The van der Waals surface area contributed by atoms with Crippen molar-refractivity contribution in [3.05, 3.63) is 30.3 Å². The smallest absolute Gasteiger partial charge is 0.0575 e. The van der Waals surface area contributed by atoms with Crippen molar-refractivity contribution in [3.63, 3.8) is 0 Å². The van der Waals surface area contributed by atoms with Gasteiger partial charge in [-0.25, -0.2) is 0 Å². The fourth-order valence-corrected chi connectivity index (χ4v) is 2.75. The topological polar surface area (TPSA) is 35.5 Å². The molecule has 3 nitrogen and oxygen atoms in total. The number of hydrogen-bond acceptors (Lipinski definition) is 3. The number of para-hydroxylation sites is 1. The monoisotopic (exact) mass is 276 g/mol. The van der Waals surface area contributed by atoms with Gasteiger partial charge in [0.2, 0.25) is 0 Å². The lowest BCUT2D eigenvalue weighted by atomic mass is 10.0. The van der Waals surface area contributed by atoms with E-state index in [-0.39, 0.29) is 6.10 Å². The molecule has 1 aliphatic heterocycles. The summed E-state index contributed by atoms with van der Waals surface area (Å²) in [5.74, 6) is 0.358. The van der Waals surface area contributed by atoms with Crippen molar-refractivity contribution < 1.29 is 5.11 Å². The molecular formula is C17H28N2O.